The second-order valence-corrected chi connectivity index (χ2v) is 9.09. The molecule has 0 bridgehead atoms. The molecule has 0 aliphatic carbocycles. The summed E-state index contributed by atoms with van der Waals surface area (Å²) in [5.74, 6) is 0. The minimum Gasteiger partial charge on any atom is -0.443 e. The van der Waals surface area contributed by atoms with Gasteiger partial charge in [0.2, 0.25) is 0 Å². The lowest BCUT2D eigenvalue weighted by Gasteiger charge is -2.32. The number of ether oxygens (including phenoxy) is 1. The van der Waals surface area contributed by atoms with Crippen LogP contribution in [0.25, 0.3) is 11.0 Å². The molecule has 0 aromatic carbocycles. The molecule has 0 saturated carbocycles. The van der Waals surface area contributed by atoms with E-state index in [2.05, 4.69) is 4.98 Å². The zero-order valence-corrected chi connectivity index (χ0v) is 17.5. The molecule has 1 aliphatic heterocycles. The van der Waals surface area contributed by atoms with E-state index >= 15 is 0 Å². The Morgan fingerprint density at radius 1 is 1.10 bits per heavy atom. The van der Waals surface area contributed by atoms with Crippen molar-refractivity contribution in [2.45, 2.75) is 71.4 Å². The number of hydrogen-bond acceptors (Lipinski definition) is 5. The maximum Gasteiger partial charge on any atom is 0.497 e. The van der Waals surface area contributed by atoms with E-state index in [1.165, 1.54) is 12.3 Å². The fraction of sp³-hybridized carbons (Fsp3) is 0.579. The fourth-order valence-corrected chi connectivity index (χ4v) is 2.89. The van der Waals surface area contributed by atoms with Gasteiger partial charge in [-0.1, -0.05) is 0 Å². The van der Waals surface area contributed by atoms with Gasteiger partial charge in [0.25, 0.3) is 0 Å². The summed E-state index contributed by atoms with van der Waals surface area (Å²) in [6, 6.07) is 2.14. The van der Waals surface area contributed by atoms with E-state index in [-0.39, 0.29) is 5.65 Å². The van der Waals surface area contributed by atoms with Crippen LogP contribution in [-0.4, -0.2) is 39.6 Å². The Morgan fingerprint density at radius 3 is 2.14 bits per heavy atom. The summed E-state index contributed by atoms with van der Waals surface area (Å²) in [6.45, 7) is 12.4. The second-order valence-electron chi connectivity index (χ2n) is 9.09. The number of fused-ring (bicyclic) bond motifs is 1. The molecule has 3 rings (SSSR count). The average molecular weight is 412 g/mol. The van der Waals surface area contributed by atoms with Gasteiger partial charge in [-0.3, -0.25) is 0 Å². The molecule has 0 amide bonds. The first-order chi connectivity index (χ1) is 13.0. The highest BCUT2D eigenvalue weighted by Crippen LogP contribution is 2.37. The lowest BCUT2D eigenvalue weighted by molar-refractivity contribution is -0.141. The first kappa shape index (κ1) is 21.6. The Kier molecular flexibility index (Phi) is 4.83. The molecule has 2 aromatic rings. The molecule has 0 N–H and O–H groups in total. The molecule has 158 valence electrons. The Morgan fingerprint density at radius 2 is 1.66 bits per heavy atom. The Bertz CT molecular complexity index is 945. The van der Waals surface area contributed by atoms with Crippen molar-refractivity contribution in [3.63, 3.8) is 0 Å². The summed E-state index contributed by atoms with van der Waals surface area (Å²) in [7, 11) is -0.871. The summed E-state index contributed by atoms with van der Waals surface area (Å²) in [6.07, 6.45) is -4.12. The molecule has 0 unspecified atom stereocenters. The van der Waals surface area contributed by atoms with Gasteiger partial charge >= 0.3 is 19.4 Å². The standard InChI is InChI=1S/C19H24BF3N2O4/c1-16(2,3)27-15(26)25-10-12(20-28-17(4,5)18(6,7)29-20)11-8-9-13(19(21,22)23)24-14(11)25/h8-10H,1-7H3. The van der Waals surface area contributed by atoms with Gasteiger partial charge in [-0.15, -0.1) is 0 Å². The van der Waals surface area contributed by atoms with E-state index in [0.29, 0.717) is 10.8 Å². The predicted molar refractivity (Wildman–Crippen MR) is 102 cm³/mol. The first-order valence-corrected chi connectivity index (χ1v) is 9.20. The summed E-state index contributed by atoms with van der Waals surface area (Å²) in [4.78, 5) is 16.3. The van der Waals surface area contributed by atoms with Crippen molar-refractivity contribution in [2.75, 3.05) is 0 Å². The topological polar surface area (TPSA) is 62.6 Å². The molecule has 3 heterocycles. The number of rotatable bonds is 1. The molecular weight excluding hydrogens is 388 g/mol. The van der Waals surface area contributed by atoms with Crippen molar-refractivity contribution >= 4 is 29.7 Å². The lowest BCUT2D eigenvalue weighted by Crippen LogP contribution is -2.41. The minimum atomic E-state index is -4.65. The van der Waals surface area contributed by atoms with Crippen molar-refractivity contribution in [3.8, 4) is 0 Å². The monoisotopic (exact) mass is 412 g/mol. The van der Waals surface area contributed by atoms with Gasteiger partial charge < -0.3 is 14.0 Å². The quantitative estimate of drug-likeness (QED) is 0.659. The van der Waals surface area contributed by atoms with Crippen LogP contribution in [0.1, 0.15) is 54.2 Å². The molecular formula is C19H24BF3N2O4. The van der Waals surface area contributed by atoms with Crippen LogP contribution in [0.2, 0.25) is 0 Å². The molecule has 0 radical (unpaired) electrons. The van der Waals surface area contributed by atoms with Gasteiger partial charge in [0.1, 0.15) is 16.9 Å². The third-order valence-electron chi connectivity index (χ3n) is 5.07. The van der Waals surface area contributed by atoms with Crippen molar-refractivity contribution in [1.29, 1.82) is 0 Å². The number of carbonyl (C=O) groups is 1. The van der Waals surface area contributed by atoms with Crippen LogP contribution < -0.4 is 5.46 Å². The normalized spacial score (nSPS) is 19.0. The van der Waals surface area contributed by atoms with Crippen LogP contribution in [0.4, 0.5) is 18.0 Å². The van der Waals surface area contributed by atoms with Gasteiger partial charge in [-0.2, -0.15) is 13.2 Å². The first-order valence-electron chi connectivity index (χ1n) is 9.20. The van der Waals surface area contributed by atoms with Gasteiger partial charge in [-0.25, -0.2) is 14.3 Å². The summed E-state index contributed by atoms with van der Waals surface area (Å²) in [5, 5.41) is 0.322. The third-order valence-corrected chi connectivity index (χ3v) is 5.07. The molecule has 29 heavy (non-hydrogen) atoms. The Balaban J connectivity index is 2.16. The van der Waals surface area contributed by atoms with Crippen molar-refractivity contribution in [3.05, 3.63) is 24.0 Å². The van der Waals surface area contributed by atoms with Crippen LogP contribution in [0, 0.1) is 0 Å². The number of halogens is 3. The number of carbonyl (C=O) groups excluding carboxylic acids is 1. The molecule has 1 saturated heterocycles. The highest BCUT2D eigenvalue weighted by atomic mass is 19.4. The number of aromatic nitrogens is 2. The minimum absolute atomic E-state index is 0.168. The summed E-state index contributed by atoms with van der Waals surface area (Å²) >= 11 is 0. The van der Waals surface area contributed by atoms with Crippen LogP contribution in [0.3, 0.4) is 0 Å². The van der Waals surface area contributed by atoms with Crippen LogP contribution in [0.5, 0.6) is 0 Å². The van der Waals surface area contributed by atoms with Crippen LogP contribution in [0.15, 0.2) is 18.3 Å². The molecule has 10 heteroatoms. The Labute approximate surface area is 167 Å². The van der Waals surface area contributed by atoms with E-state index in [1.807, 2.05) is 27.7 Å². The number of pyridine rings is 1. The Hall–Kier alpha value is -2.07. The molecule has 0 spiro atoms. The van der Waals surface area contributed by atoms with Crippen LogP contribution in [-0.2, 0) is 20.2 Å². The maximum absolute atomic E-state index is 13.2. The highest BCUT2D eigenvalue weighted by molar-refractivity contribution is 6.65. The number of nitrogens with zero attached hydrogens (tertiary/aromatic N) is 2. The average Bonchev–Trinajstić information content (AvgIpc) is 2.99. The number of hydrogen-bond donors (Lipinski definition) is 0. The molecule has 0 atom stereocenters. The van der Waals surface area contributed by atoms with Crippen molar-refractivity contribution in [2.24, 2.45) is 0 Å². The van der Waals surface area contributed by atoms with Gasteiger partial charge in [0.05, 0.1) is 11.2 Å². The van der Waals surface area contributed by atoms with Crippen LogP contribution >= 0.6 is 0 Å². The fourth-order valence-electron chi connectivity index (χ4n) is 2.89. The third kappa shape index (κ3) is 4.00. The molecule has 1 aliphatic rings. The molecule has 2 aromatic heterocycles. The summed E-state index contributed by atoms with van der Waals surface area (Å²) < 4.78 is 57.9. The van der Waals surface area contributed by atoms with E-state index < -0.39 is 41.9 Å². The van der Waals surface area contributed by atoms with E-state index in [1.54, 1.807) is 20.8 Å². The van der Waals surface area contributed by atoms with Gasteiger partial charge in [-0.05, 0) is 60.6 Å². The van der Waals surface area contributed by atoms with E-state index in [0.717, 1.165) is 10.6 Å². The van der Waals surface area contributed by atoms with E-state index in [9.17, 15) is 18.0 Å². The van der Waals surface area contributed by atoms with Crippen molar-refractivity contribution < 1.29 is 32.0 Å². The zero-order valence-electron chi connectivity index (χ0n) is 17.5. The summed E-state index contributed by atoms with van der Waals surface area (Å²) in [5.41, 5.74) is -3.01. The van der Waals surface area contributed by atoms with E-state index in [4.69, 9.17) is 14.0 Å². The zero-order chi connectivity index (χ0) is 22.0. The number of alkyl halides is 3. The molecule has 1 fully saturated rings. The largest absolute Gasteiger partial charge is 0.497 e. The molecule has 6 nitrogen and oxygen atoms in total. The predicted octanol–water partition coefficient (Wildman–Crippen LogP) is 4.14. The SMILES string of the molecule is CC(C)(C)OC(=O)n1cc(B2OC(C)(C)C(C)(C)O2)c2ccc(C(F)(F)F)nc21. The lowest BCUT2D eigenvalue weighted by atomic mass is 9.79. The van der Waals surface area contributed by atoms with Gasteiger partial charge in [0.15, 0.2) is 0 Å². The van der Waals surface area contributed by atoms with Gasteiger partial charge in [0, 0.05) is 17.0 Å². The highest BCUT2D eigenvalue weighted by Gasteiger charge is 2.52. The van der Waals surface area contributed by atoms with Crippen molar-refractivity contribution in [1.82, 2.24) is 9.55 Å². The maximum atomic E-state index is 13.2. The second kappa shape index (κ2) is 6.47. The smallest absolute Gasteiger partial charge is 0.443 e.